The van der Waals surface area contributed by atoms with Crippen molar-refractivity contribution in [2.45, 2.75) is 44.3 Å². The molecule has 0 aromatic carbocycles. The minimum atomic E-state index is 0.0363. The first-order valence-corrected chi connectivity index (χ1v) is 5.02. The highest BCUT2D eigenvalue weighted by atomic mass is 16.5. The molecule has 4 nitrogen and oxygen atoms in total. The number of rotatable bonds is 2. The van der Waals surface area contributed by atoms with Gasteiger partial charge in [0, 0.05) is 6.54 Å². The summed E-state index contributed by atoms with van der Waals surface area (Å²) in [5.74, 6) is 0.0363. The van der Waals surface area contributed by atoms with Gasteiger partial charge in [0.25, 0.3) is 0 Å². The van der Waals surface area contributed by atoms with Crippen molar-refractivity contribution in [1.29, 1.82) is 0 Å². The van der Waals surface area contributed by atoms with Gasteiger partial charge in [-0.05, 0) is 12.8 Å². The first-order valence-electron chi connectivity index (χ1n) is 5.02. The van der Waals surface area contributed by atoms with E-state index in [1.165, 1.54) is 12.8 Å². The molecule has 0 aromatic heterocycles. The van der Waals surface area contributed by atoms with E-state index in [1.54, 1.807) is 0 Å². The molecule has 1 atom stereocenters. The van der Waals surface area contributed by atoms with Crippen LogP contribution in [0.15, 0.2) is 0 Å². The average Bonchev–Trinajstić information content (AvgIpc) is 2.57. The molecule has 13 heavy (non-hydrogen) atoms. The van der Waals surface area contributed by atoms with Crippen molar-refractivity contribution in [3.63, 3.8) is 0 Å². The molecule has 1 heterocycles. The van der Waals surface area contributed by atoms with Crippen molar-refractivity contribution in [2.24, 2.45) is 0 Å². The molecule has 2 aliphatic rings. The minimum absolute atomic E-state index is 0.0363. The van der Waals surface area contributed by atoms with Crippen molar-refractivity contribution in [2.75, 3.05) is 6.54 Å². The summed E-state index contributed by atoms with van der Waals surface area (Å²) >= 11 is 0. The Kier molecular flexibility index (Phi) is 2.80. The highest BCUT2D eigenvalue weighted by molar-refractivity contribution is 5.76. The summed E-state index contributed by atoms with van der Waals surface area (Å²) in [7, 11) is 0. The van der Waals surface area contributed by atoms with E-state index in [1.807, 2.05) is 0 Å². The van der Waals surface area contributed by atoms with Crippen LogP contribution >= 0.6 is 0 Å². The monoisotopic (exact) mass is 184 g/mol. The molecule has 1 aliphatic carbocycles. The normalized spacial score (nSPS) is 30.5. The second-order valence-corrected chi connectivity index (χ2v) is 3.80. The van der Waals surface area contributed by atoms with Gasteiger partial charge in [-0.15, -0.1) is 0 Å². The van der Waals surface area contributed by atoms with Gasteiger partial charge in [0.2, 0.25) is 5.91 Å². The Hall–Kier alpha value is -0.610. The maximum Gasteiger partial charge on any atom is 0.236 e. The molecule has 4 heteroatoms. The summed E-state index contributed by atoms with van der Waals surface area (Å²) in [6, 6.07) is 0. The van der Waals surface area contributed by atoms with E-state index in [-0.39, 0.29) is 12.0 Å². The number of ether oxygens (including phenoxy) is 1. The van der Waals surface area contributed by atoms with Crippen LogP contribution in [0.25, 0.3) is 0 Å². The van der Waals surface area contributed by atoms with Gasteiger partial charge >= 0.3 is 0 Å². The first-order chi connectivity index (χ1) is 6.34. The summed E-state index contributed by atoms with van der Waals surface area (Å²) in [6.45, 7) is 0.738. The molecule has 1 amide bonds. The van der Waals surface area contributed by atoms with Crippen molar-refractivity contribution >= 4 is 5.91 Å². The van der Waals surface area contributed by atoms with Crippen LogP contribution in [-0.4, -0.2) is 24.7 Å². The highest BCUT2D eigenvalue weighted by Gasteiger charge is 2.24. The average molecular weight is 184 g/mol. The Morgan fingerprint density at radius 1 is 1.23 bits per heavy atom. The lowest BCUT2D eigenvalue weighted by atomic mass is 10.2. The maximum atomic E-state index is 11.0. The maximum absolute atomic E-state index is 11.0. The molecule has 2 N–H and O–H groups in total. The lowest BCUT2D eigenvalue weighted by molar-refractivity contribution is -0.129. The molecule has 2 rings (SSSR count). The Balaban J connectivity index is 1.76. The SMILES string of the molecule is O=C1CC(OC2CCCC2)CNN1. The summed E-state index contributed by atoms with van der Waals surface area (Å²) < 4.78 is 5.80. The summed E-state index contributed by atoms with van der Waals surface area (Å²) in [5, 5.41) is 0. The third-order valence-electron chi connectivity index (χ3n) is 2.66. The Bertz CT molecular complexity index is 190. The van der Waals surface area contributed by atoms with Gasteiger partial charge in [-0.1, -0.05) is 12.8 Å². The second kappa shape index (κ2) is 4.07. The molecule has 0 spiro atoms. The van der Waals surface area contributed by atoms with Crippen LogP contribution in [0.2, 0.25) is 0 Å². The van der Waals surface area contributed by atoms with E-state index in [4.69, 9.17) is 4.74 Å². The molecule has 1 aliphatic heterocycles. The van der Waals surface area contributed by atoms with Crippen molar-refractivity contribution < 1.29 is 9.53 Å². The van der Waals surface area contributed by atoms with E-state index in [2.05, 4.69) is 10.9 Å². The standard InChI is InChI=1S/C9H16N2O2/c12-9-5-8(6-10-11-9)13-7-3-1-2-4-7/h7-8,10H,1-6H2,(H,11,12). The molecular weight excluding hydrogens is 168 g/mol. The topological polar surface area (TPSA) is 50.4 Å². The quantitative estimate of drug-likeness (QED) is 0.650. The van der Waals surface area contributed by atoms with Crippen LogP contribution in [0.4, 0.5) is 0 Å². The van der Waals surface area contributed by atoms with Gasteiger partial charge in [-0.2, -0.15) is 0 Å². The molecular formula is C9H16N2O2. The largest absolute Gasteiger partial charge is 0.373 e. The third-order valence-corrected chi connectivity index (χ3v) is 2.66. The molecule has 74 valence electrons. The molecule has 1 unspecified atom stereocenters. The third kappa shape index (κ3) is 2.42. The van der Waals surface area contributed by atoms with Gasteiger partial charge in [-0.25, -0.2) is 5.43 Å². The lowest BCUT2D eigenvalue weighted by Crippen LogP contribution is -2.50. The van der Waals surface area contributed by atoms with Crippen LogP contribution in [0.5, 0.6) is 0 Å². The van der Waals surface area contributed by atoms with Gasteiger partial charge in [0.05, 0.1) is 18.6 Å². The van der Waals surface area contributed by atoms with E-state index in [0.717, 1.165) is 19.4 Å². The zero-order chi connectivity index (χ0) is 9.10. The highest BCUT2D eigenvalue weighted by Crippen LogP contribution is 2.22. The number of hydrogen-bond donors (Lipinski definition) is 2. The Morgan fingerprint density at radius 2 is 2.00 bits per heavy atom. The van der Waals surface area contributed by atoms with E-state index >= 15 is 0 Å². The van der Waals surface area contributed by atoms with Crippen LogP contribution in [0.1, 0.15) is 32.1 Å². The van der Waals surface area contributed by atoms with Crippen LogP contribution in [-0.2, 0) is 9.53 Å². The molecule has 1 saturated heterocycles. The molecule has 0 bridgehead atoms. The number of hydrogen-bond acceptors (Lipinski definition) is 3. The van der Waals surface area contributed by atoms with Gasteiger partial charge < -0.3 is 4.74 Å². The Morgan fingerprint density at radius 3 is 2.69 bits per heavy atom. The fourth-order valence-electron chi connectivity index (χ4n) is 1.99. The number of nitrogens with one attached hydrogen (secondary N) is 2. The predicted octanol–water partition coefficient (Wildman–Crippen LogP) is 0.339. The van der Waals surface area contributed by atoms with Crippen molar-refractivity contribution in [3.8, 4) is 0 Å². The van der Waals surface area contributed by atoms with Crippen LogP contribution in [0, 0.1) is 0 Å². The predicted molar refractivity (Wildman–Crippen MR) is 47.9 cm³/mol. The van der Waals surface area contributed by atoms with Crippen molar-refractivity contribution in [3.05, 3.63) is 0 Å². The zero-order valence-electron chi connectivity index (χ0n) is 7.71. The Labute approximate surface area is 78.0 Å². The summed E-state index contributed by atoms with van der Waals surface area (Å²) in [6.07, 6.45) is 5.86. The zero-order valence-corrected chi connectivity index (χ0v) is 7.71. The second-order valence-electron chi connectivity index (χ2n) is 3.80. The van der Waals surface area contributed by atoms with Gasteiger partial charge in [-0.3, -0.25) is 10.2 Å². The van der Waals surface area contributed by atoms with Gasteiger partial charge in [0.15, 0.2) is 0 Å². The number of amides is 1. The molecule has 0 radical (unpaired) electrons. The fraction of sp³-hybridized carbons (Fsp3) is 0.889. The van der Waals surface area contributed by atoms with E-state index in [0.29, 0.717) is 12.5 Å². The fourth-order valence-corrected chi connectivity index (χ4v) is 1.99. The van der Waals surface area contributed by atoms with Crippen LogP contribution < -0.4 is 10.9 Å². The summed E-state index contributed by atoms with van der Waals surface area (Å²) in [5.41, 5.74) is 5.40. The number of carbonyl (C=O) groups is 1. The number of hydrazine groups is 1. The lowest BCUT2D eigenvalue weighted by Gasteiger charge is -2.26. The number of carbonyl (C=O) groups excluding carboxylic acids is 1. The molecule has 2 fully saturated rings. The smallest absolute Gasteiger partial charge is 0.236 e. The van der Waals surface area contributed by atoms with Gasteiger partial charge in [0.1, 0.15) is 0 Å². The van der Waals surface area contributed by atoms with E-state index in [9.17, 15) is 4.79 Å². The first kappa shape index (κ1) is 8.97. The minimum Gasteiger partial charge on any atom is -0.373 e. The van der Waals surface area contributed by atoms with E-state index < -0.39 is 0 Å². The van der Waals surface area contributed by atoms with Crippen molar-refractivity contribution in [1.82, 2.24) is 10.9 Å². The molecule has 1 saturated carbocycles. The summed E-state index contributed by atoms with van der Waals surface area (Å²) in [4.78, 5) is 11.0. The van der Waals surface area contributed by atoms with Crippen LogP contribution in [0.3, 0.4) is 0 Å². The molecule has 0 aromatic rings.